The maximum atomic E-state index is 12.1. The van der Waals surface area contributed by atoms with E-state index in [1.807, 2.05) is 49.4 Å². The van der Waals surface area contributed by atoms with E-state index in [0.29, 0.717) is 19.6 Å². The van der Waals surface area contributed by atoms with Gasteiger partial charge in [-0.3, -0.25) is 4.79 Å². The van der Waals surface area contributed by atoms with Crippen LogP contribution in [0.2, 0.25) is 0 Å². The average Bonchev–Trinajstić information content (AvgIpc) is 3.13. The first-order chi connectivity index (χ1) is 12.6. The molecule has 26 heavy (non-hydrogen) atoms. The van der Waals surface area contributed by atoms with Crippen molar-refractivity contribution in [3.63, 3.8) is 0 Å². The van der Waals surface area contributed by atoms with Crippen molar-refractivity contribution < 1.29 is 9.53 Å². The number of aryl methyl sites for hydroxylation is 2. The number of anilines is 1. The first-order valence-corrected chi connectivity index (χ1v) is 8.51. The minimum absolute atomic E-state index is 0.0714. The molecule has 1 heterocycles. The fourth-order valence-electron chi connectivity index (χ4n) is 2.48. The molecule has 6 nitrogen and oxygen atoms in total. The van der Waals surface area contributed by atoms with Crippen LogP contribution in [0.25, 0.3) is 0 Å². The standard InChI is InChI=1S/C20H22N4O2/c1-15-3-8-19(11-16(15)2)26-10-9-20(25)23-18-6-4-17(5-7-18)12-24-14-21-13-22-24/h3-8,11,13-14H,9-10,12H2,1-2H3,(H,23,25). The van der Waals surface area contributed by atoms with E-state index in [1.165, 1.54) is 17.5 Å². The monoisotopic (exact) mass is 350 g/mol. The van der Waals surface area contributed by atoms with Gasteiger partial charge in [0, 0.05) is 5.69 Å². The molecular weight excluding hydrogens is 328 g/mol. The molecule has 3 rings (SSSR count). The molecule has 1 amide bonds. The predicted octanol–water partition coefficient (Wildman–Crippen LogP) is 3.35. The van der Waals surface area contributed by atoms with Gasteiger partial charge in [0.15, 0.2) is 0 Å². The number of benzene rings is 2. The van der Waals surface area contributed by atoms with Gasteiger partial charge in [-0.2, -0.15) is 5.10 Å². The van der Waals surface area contributed by atoms with Crippen molar-refractivity contribution in [1.29, 1.82) is 0 Å². The third-order valence-electron chi connectivity index (χ3n) is 4.13. The minimum Gasteiger partial charge on any atom is -0.493 e. The van der Waals surface area contributed by atoms with Crippen LogP contribution in [-0.4, -0.2) is 27.3 Å². The van der Waals surface area contributed by atoms with Gasteiger partial charge in [0.05, 0.1) is 19.6 Å². The Kier molecular flexibility index (Phi) is 5.63. The lowest BCUT2D eigenvalue weighted by molar-refractivity contribution is -0.116. The number of rotatable bonds is 7. The van der Waals surface area contributed by atoms with E-state index >= 15 is 0 Å². The molecule has 1 N–H and O–H groups in total. The summed E-state index contributed by atoms with van der Waals surface area (Å²) in [6.45, 7) is 5.10. The molecule has 0 aliphatic heterocycles. The van der Waals surface area contributed by atoms with Crippen molar-refractivity contribution in [2.45, 2.75) is 26.8 Å². The lowest BCUT2D eigenvalue weighted by Crippen LogP contribution is -2.15. The second kappa shape index (κ2) is 8.29. The quantitative estimate of drug-likeness (QED) is 0.709. The summed E-state index contributed by atoms with van der Waals surface area (Å²) in [4.78, 5) is 16.0. The van der Waals surface area contributed by atoms with Crippen molar-refractivity contribution in [3.8, 4) is 5.75 Å². The maximum absolute atomic E-state index is 12.1. The topological polar surface area (TPSA) is 69.0 Å². The summed E-state index contributed by atoms with van der Waals surface area (Å²) in [6.07, 6.45) is 3.48. The molecule has 0 fully saturated rings. The lowest BCUT2D eigenvalue weighted by Gasteiger charge is -2.09. The normalized spacial score (nSPS) is 10.5. The van der Waals surface area contributed by atoms with E-state index in [0.717, 1.165) is 17.0 Å². The van der Waals surface area contributed by atoms with Gasteiger partial charge in [0.1, 0.15) is 18.4 Å². The molecule has 0 atom stereocenters. The van der Waals surface area contributed by atoms with Crippen LogP contribution in [0.1, 0.15) is 23.1 Å². The summed E-state index contributed by atoms with van der Waals surface area (Å²) < 4.78 is 7.40. The lowest BCUT2D eigenvalue weighted by atomic mass is 10.1. The van der Waals surface area contributed by atoms with Crippen LogP contribution >= 0.6 is 0 Å². The third-order valence-corrected chi connectivity index (χ3v) is 4.13. The molecule has 2 aromatic carbocycles. The van der Waals surface area contributed by atoms with Crippen LogP contribution in [0, 0.1) is 13.8 Å². The van der Waals surface area contributed by atoms with E-state index in [4.69, 9.17) is 4.74 Å². The Hall–Kier alpha value is -3.15. The number of nitrogens with zero attached hydrogens (tertiary/aromatic N) is 3. The Morgan fingerprint density at radius 2 is 1.92 bits per heavy atom. The second-order valence-electron chi connectivity index (χ2n) is 6.18. The van der Waals surface area contributed by atoms with Gasteiger partial charge in [-0.1, -0.05) is 18.2 Å². The van der Waals surface area contributed by atoms with Gasteiger partial charge < -0.3 is 10.1 Å². The number of carbonyl (C=O) groups excluding carboxylic acids is 1. The van der Waals surface area contributed by atoms with Gasteiger partial charge in [0.2, 0.25) is 5.91 Å². The molecule has 0 aliphatic carbocycles. The van der Waals surface area contributed by atoms with E-state index in [-0.39, 0.29) is 5.91 Å². The number of nitrogens with one attached hydrogen (secondary N) is 1. The molecule has 0 aliphatic rings. The van der Waals surface area contributed by atoms with E-state index in [2.05, 4.69) is 22.3 Å². The number of ether oxygens (including phenoxy) is 1. The molecule has 0 saturated heterocycles. The second-order valence-corrected chi connectivity index (χ2v) is 6.18. The van der Waals surface area contributed by atoms with Gasteiger partial charge in [-0.05, 0) is 54.8 Å². The highest BCUT2D eigenvalue weighted by Gasteiger charge is 2.04. The zero-order valence-corrected chi connectivity index (χ0v) is 15.0. The molecule has 0 saturated carbocycles. The average molecular weight is 350 g/mol. The maximum Gasteiger partial charge on any atom is 0.227 e. The number of amides is 1. The van der Waals surface area contributed by atoms with E-state index < -0.39 is 0 Å². The first kappa shape index (κ1) is 17.7. The molecule has 134 valence electrons. The van der Waals surface area contributed by atoms with Crippen LogP contribution in [0.4, 0.5) is 5.69 Å². The van der Waals surface area contributed by atoms with Crippen LogP contribution in [0.5, 0.6) is 5.75 Å². The van der Waals surface area contributed by atoms with E-state index in [9.17, 15) is 4.79 Å². The molecule has 3 aromatic rings. The number of aromatic nitrogens is 3. The Labute approximate surface area is 152 Å². The Morgan fingerprint density at radius 1 is 1.12 bits per heavy atom. The Morgan fingerprint density at radius 3 is 2.62 bits per heavy atom. The molecular formula is C20H22N4O2. The van der Waals surface area contributed by atoms with Crippen molar-refractivity contribution in [1.82, 2.24) is 14.8 Å². The summed E-state index contributed by atoms with van der Waals surface area (Å²) in [5, 5.41) is 6.95. The highest BCUT2D eigenvalue weighted by Crippen LogP contribution is 2.16. The number of hydrogen-bond acceptors (Lipinski definition) is 4. The molecule has 1 aromatic heterocycles. The largest absolute Gasteiger partial charge is 0.493 e. The van der Waals surface area contributed by atoms with Gasteiger partial charge in [0.25, 0.3) is 0 Å². The van der Waals surface area contributed by atoms with E-state index in [1.54, 1.807) is 11.0 Å². The van der Waals surface area contributed by atoms with Crippen molar-refractivity contribution in [2.75, 3.05) is 11.9 Å². The summed E-state index contributed by atoms with van der Waals surface area (Å²) in [7, 11) is 0. The Balaban J connectivity index is 1.44. The molecule has 0 bridgehead atoms. The predicted molar refractivity (Wildman–Crippen MR) is 100 cm³/mol. The van der Waals surface area contributed by atoms with Crippen LogP contribution in [-0.2, 0) is 11.3 Å². The molecule has 0 unspecified atom stereocenters. The molecule has 6 heteroatoms. The summed E-state index contributed by atoms with van der Waals surface area (Å²) in [5.41, 5.74) is 4.26. The van der Waals surface area contributed by atoms with Crippen LogP contribution < -0.4 is 10.1 Å². The number of hydrogen-bond donors (Lipinski definition) is 1. The summed E-state index contributed by atoms with van der Waals surface area (Å²) in [6, 6.07) is 13.6. The minimum atomic E-state index is -0.0714. The van der Waals surface area contributed by atoms with Crippen molar-refractivity contribution >= 4 is 11.6 Å². The SMILES string of the molecule is Cc1ccc(OCCC(=O)Nc2ccc(Cn3cncn3)cc2)cc1C. The molecule has 0 radical (unpaired) electrons. The first-order valence-electron chi connectivity index (χ1n) is 8.51. The third kappa shape index (κ3) is 4.92. The summed E-state index contributed by atoms with van der Waals surface area (Å²) in [5.74, 6) is 0.719. The zero-order chi connectivity index (χ0) is 18.4. The molecule has 0 spiro atoms. The van der Waals surface area contributed by atoms with Crippen LogP contribution in [0.15, 0.2) is 55.1 Å². The highest BCUT2D eigenvalue weighted by molar-refractivity contribution is 5.90. The summed E-state index contributed by atoms with van der Waals surface area (Å²) >= 11 is 0. The highest BCUT2D eigenvalue weighted by atomic mass is 16.5. The fourth-order valence-corrected chi connectivity index (χ4v) is 2.48. The Bertz CT molecular complexity index is 858. The zero-order valence-electron chi connectivity index (χ0n) is 15.0. The fraction of sp³-hybridized carbons (Fsp3) is 0.250. The van der Waals surface area contributed by atoms with Gasteiger partial charge >= 0.3 is 0 Å². The van der Waals surface area contributed by atoms with Crippen molar-refractivity contribution in [3.05, 3.63) is 71.8 Å². The van der Waals surface area contributed by atoms with Gasteiger partial charge in [-0.25, -0.2) is 9.67 Å². The smallest absolute Gasteiger partial charge is 0.227 e. The van der Waals surface area contributed by atoms with Crippen LogP contribution in [0.3, 0.4) is 0 Å². The number of carbonyl (C=O) groups is 1. The van der Waals surface area contributed by atoms with Crippen molar-refractivity contribution in [2.24, 2.45) is 0 Å². The van der Waals surface area contributed by atoms with Gasteiger partial charge in [-0.15, -0.1) is 0 Å².